The average Bonchev–Trinajstić information content (AvgIpc) is 2.99. The van der Waals surface area contributed by atoms with Crippen LogP contribution in [0.25, 0.3) is 0 Å². The molecule has 5 nitrogen and oxygen atoms in total. The standard InChI is InChI=1S/C15H20ClN3O2/c1-2-6-18-15(21)12-4-3-11(8-13(12)16)19-14(20)10-5-7-17-9-10/h3-4,8,10,17H,2,5-7,9H2,1H3,(H,18,21)(H,19,20). The second-order valence-corrected chi connectivity index (χ2v) is 5.54. The molecule has 2 amide bonds. The first-order valence-corrected chi connectivity index (χ1v) is 7.59. The minimum absolute atomic E-state index is 0.00342. The number of carbonyl (C=O) groups excluding carboxylic acids is 2. The van der Waals surface area contributed by atoms with Crippen LogP contribution >= 0.6 is 11.6 Å². The first kappa shape index (κ1) is 15.8. The van der Waals surface area contributed by atoms with Crippen LogP contribution in [0.3, 0.4) is 0 Å². The molecule has 0 aromatic heterocycles. The Bertz CT molecular complexity index is 528. The van der Waals surface area contributed by atoms with Crippen molar-refractivity contribution in [3.8, 4) is 0 Å². The number of anilines is 1. The van der Waals surface area contributed by atoms with Gasteiger partial charge in [-0.3, -0.25) is 9.59 Å². The molecule has 1 aromatic rings. The summed E-state index contributed by atoms with van der Waals surface area (Å²) >= 11 is 6.12. The summed E-state index contributed by atoms with van der Waals surface area (Å²) in [6.07, 6.45) is 1.71. The second-order valence-electron chi connectivity index (χ2n) is 5.13. The van der Waals surface area contributed by atoms with Crippen LogP contribution in [0.2, 0.25) is 5.02 Å². The van der Waals surface area contributed by atoms with Gasteiger partial charge in [0.2, 0.25) is 5.91 Å². The van der Waals surface area contributed by atoms with Gasteiger partial charge in [-0.15, -0.1) is 0 Å². The smallest absolute Gasteiger partial charge is 0.252 e. The summed E-state index contributed by atoms with van der Waals surface area (Å²) in [6, 6.07) is 4.95. The second kappa shape index (κ2) is 7.43. The molecule has 3 N–H and O–H groups in total. The highest BCUT2D eigenvalue weighted by Gasteiger charge is 2.22. The van der Waals surface area contributed by atoms with Crippen LogP contribution in [-0.4, -0.2) is 31.4 Å². The maximum absolute atomic E-state index is 12.0. The minimum Gasteiger partial charge on any atom is -0.352 e. The Morgan fingerprint density at radius 2 is 2.24 bits per heavy atom. The van der Waals surface area contributed by atoms with Crippen molar-refractivity contribution < 1.29 is 9.59 Å². The Labute approximate surface area is 129 Å². The molecule has 1 fully saturated rings. The predicted octanol–water partition coefficient (Wildman–Crippen LogP) is 2.03. The average molecular weight is 310 g/mol. The fourth-order valence-electron chi connectivity index (χ4n) is 2.23. The van der Waals surface area contributed by atoms with E-state index in [2.05, 4.69) is 16.0 Å². The van der Waals surface area contributed by atoms with Crippen molar-refractivity contribution in [3.05, 3.63) is 28.8 Å². The number of nitrogens with one attached hydrogen (secondary N) is 3. The molecule has 1 aromatic carbocycles. The summed E-state index contributed by atoms with van der Waals surface area (Å²) in [4.78, 5) is 23.9. The van der Waals surface area contributed by atoms with E-state index in [0.29, 0.717) is 29.4 Å². The molecule has 0 aliphatic carbocycles. The van der Waals surface area contributed by atoms with Crippen LogP contribution in [-0.2, 0) is 4.79 Å². The van der Waals surface area contributed by atoms with Crippen molar-refractivity contribution in [1.82, 2.24) is 10.6 Å². The molecule has 2 rings (SSSR count). The highest BCUT2D eigenvalue weighted by molar-refractivity contribution is 6.34. The van der Waals surface area contributed by atoms with Gasteiger partial charge in [0, 0.05) is 18.8 Å². The van der Waals surface area contributed by atoms with E-state index in [1.54, 1.807) is 18.2 Å². The first-order valence-electron chi connectivity index (χ1n) is 7.21. The molecular formula is C15H20ClN3O2. The van der Waals surface area contributed by atoms with Gasteiger partial charge >= 0.3 is 0 Å². The zero-order valence-corrected chi connectivity index (χ0v) is 12.8. The van der Waals surface area contributed by atoms with Gasteiger partial charge in [0.15, 0.2) is 0 Å². The van der Waals surface area contributed by atoms with E-state index in [1.165, 1.54) is 0 Å². The van der Waals surface area contributed by atoms with Gasteiger partial charge in [-0.05, 0) is 37.6 Å². The Morgan fingerprint density at radius 3 is 2.86 bits per heavy atom. The van der Waals surface area contributed by atoms with Gasteiger partial charge in [0.05, 0.1) is 16.5 Å². The van der Waals surface area contributed by atoms with Crippen molar-refractivity contribution in [2.75, 3.05) is 25.0 Å². The third-order valence-corrected chi connectivity index (χ3v) is 3.76. The van der Waals surface area contributed by atoms with E-state index in [4.69, 9.17) is 11.6 Å². The fraction of sp³-hybridized carbons (Fsp3) is 0.467. The third kappa shape index (κ3) is 4.19. The number of carbonyl (C=O) groups is 2. The first-order chi connectivity index (χ1) is 10.1. The molecule has 114 valence electrons. The lowest BCUT2D eigenvalue weighted by Crippen LogP contribution is -2.25. The summed E-state index contributed by atoms with van der Waals surface area (Å²) in [5, 5.41) is 9.11. The number of halogens is 1. The van der Waals surface area contributed by atoms with Gasteiger partial charge in [-0.1, -0.05) is 18.5 Å². The maximum atomic E-state index is 12.0. The quantitative estimate of drug-likeness (QED) is 0.779. The fourth-order valence-corrected chi connectivity index (χ4v) is 2.50. The molecule has 21 heavy (non-hydrogen) atoms. The van der Waals surface area contributed by atoms with Crippen LogP contribution in [0.5, 0.6) is 0 Å². The molecule has 0 saturated carbocycles. The topological polar surface area (TPSA) is 70.2 Å². The SMILES string of the molecule is CCCNC(=O)c1ccc(NC(=O)C2CCNC2)cc1Cl. The summed E-state index contributed by atoms with van der Waals surface area (Å²) in [6.45, 7) is 4.17. The van der Waals surface area contributed by atoms with Crippen molar-refractivity contribution >= 4 is 29.1 Å². The molecule has 1 aliphatic rings. The van der Waals surface area contributed by atoms with Crippen molar-refractivity contribution in [3.63, 3.8) is 0 Å². The van der Waals surface area contributed by atoms with Crippen molar-refractivity contribution in [2.24, 2.45) is 5.92 Å². The molecule has 0 radical (unpaired) electrons. The van der Waals surface area contributed by atoms with E-state index in [9.17, 15) is 9.59 Å². The van der Waals surface area contributed by atoms with Gasteiger partial charge in [-0.2, -0.15) is 0 Å². The van der Waals surface area contributed by atoms with Crippen LogP contribution in [0.1, 0.15) is 30.1 Å². The van der Waals surface area contributed by atoms with Crippen LogP contribution in [0.15, 0.2) is 18.2 Å². The number of hydrogen-bond acceptors (Lipinski definition) is 3. The lowest BCUT2D eigenvalue weighted by atomic mass is 10.1. The molecule has 0 spiro atoms. The molecule has 1 aliphatic heterocycles. The molecular weight excluding hydrogens is 290 g/mol. The number of amides is 2. The van der Waals surface area contributed by atoms with Crippen LogP contribution in [0.4, 0.5) is 5.69 Å². The number of hydrogen-bond donors (Lipinski definition) is 3. The predicted molar refractivity (Wildman–Crippen MR) is 83.7 cm³/mol. The number of rotatable bonds is 5. The van der Waals surface area contributed by atoms with Crippen LogP contribution in [0, 0.1) is 5.92 Å². The molecule has 6 heteroatoms. The Hall–Kier alpha value is -1.59. The van der Waals surface area contributed by atoms with Crippen LogP contribution < -0.4 is 16.0 Å². The number of benzene rings is 1. The minimum atomic E-state index is -0.195. The zero-order valence-electron chi connectivity index (χ0n) is 12.0. The summed E-state index contributed by atoms with van der Waals surface area (Å²) in [7, 11) is 0. The third-order valence-electron chi connectivity index (χ3n) is 3.45. The summed E-state index contributed by atoms with van der Waals surface area (Å²) in [5.74, 6) is -0.213. The largest absolute Gasteiger partial charge is 0.352 e. The highest BCUT2D eigenvalue weighted by atomic mass is 35.5. The Morgan fingerprint density at radius 1 is 1.43 bits per heavy atom. The van der Waals surface area contributed by atoms with Gasteiger partial charge < -0.3 is 16.0 Å². The van der Waals surface area contributed by atoms with Gasteiger partial charge in [-0.25, -0.2) is 0 Å². The lowest BCUT2D eigenvalue weighted by molar-refractivity contribution is -0.119. The molecule has 1 unspecified atom stereocenters. The van der Waals surface area contributed by atoms with E-state index < -0.39 is 0 Å². The van der Waals surface area contributed by atoms with Crippen molar-refractivity contribution in [1.29, 1.82) is 0 Å². The highest BCUT2D eigenvalue weighted by Crippen LogP contribution is 2.22. The van der Waals surface area contributed by atoms with E-state index in [-0.39, 0.29) is 17.7 Å². The van der Waals surface area contributed by atoms with Crippen molar-refractivity contribution in [2.45, 2.75) is 19.8 Å². The normalized spacial score (nSPS) is 17.5. The van der Waals surface area contributed by atoms with E-state index in [0.717, 1.165) is 19.4 Å². The Kier molecular flexibility index (Phi) is 5.59. The molecule has 1 saturated heterocycles. The molecule has 0 bridgehead atoms. The monoisotopic (exact) mass is 309 g/mol. The van der Waals surface area contributed by atoms with Gasteiger partial charge in [0.1, 0.15) is 0 Å². The summed E-state index contributed by atoms with van der Waals surface area (Å²) in [5.41, 5.74) is 1.04. The zero-order chi connectivity index (χ0) is 15.2. The van der Waals surface area contributed by atoms with Gasteiger partial charge in [0.25, 0.3) is 5.91 Å². The van der Waals surface area contributed by atoms with E-state index in [1.807, 2.05) is 6.92 Å². The Balaban J connectivity index is 2.01. The lowest BCUT2D eigenvalue weighted by Gasteiger charge is -2.11. The molecule has 1 atom stereocenters. The summed E-state index contributed by atoms with van der Waals surface area (Å²) < 4.78 is 0. The maximum Gasteiger partial charge on any atom is 0.252 e. The van der Waals surface area contributed by atoms with E-state index >= 15 is 0 Å². The molecule has 1 heterocycles.